The minimum absolute atomic E-state index is 0.143. The van der Waals surface area contributed by atoms with Crippen molar-refractivity contribution < 1.29 is 20.1 Å². The minimum Gasteiger partial charge on any atom is -0.394 e. The molecule has 0 aromatic rings. The van der Waals surface area contributed by atoms with Crippen LogP contribution in [-0.4, -0.2) is 46.1 Å². The van der Waals surface area contributed by atoms with Gasteiger partial charge in [-0.05, 0) is 44.9 Å². The number of carbonyl (C=O) groups is 1. The van der Waals surface area contributed by atoms with Gasteiger partial charge >= 0.3 is 0 Å². The lowest BCUT2D eigenvalue weighted by molar-refractivity contribution is -0.124. The first kappa shape index (κ1) is 56.8. The summed E-state index contributed by atoms with van der Waals surface area (Å²) >= 11 is 0. The van der Waals surface area contributed by atoms with E-state index in [4.69, 9.17) is 0 Å². The highest BCUT2D eigenvalue weighted by Gasteiger charge is 2.26. The maximum atomic E-state index is 12.4. The SMILES string of the molecule is CCCCCCCCCCCCC/C=C\C/C=C\CCCCCCCCCCCCCCCCCCCC(=O)NC(CO)C(O)C(O)CCCCCCCCCCC. The van der Waals surface area contributed by atoms with Crippen LogP contribution in [0.2, 0.25) is 0 Å². The van der Waals surface area contributed by atoms with Crippen molar-refractivity contribution in [2.45, 2.75) is 302 Å². The normalized spacial score (nSPS) is 13.5. The second-order valence-corrected chi connectivity index (χ2v) is 18.1. The van der Waals surface area contributed by atoms with Crippen molar-refractivity contribution in [3.05, 3.63) is 24.3 Å². The largest absolute Gasteiger partial charge is 0.394 e. The fourth-order valence-corrected chi connectivity index (χ4v) is 8.25. The molecule has 344 valence electrons. The number of hydrogen-bond acceptors (Lipinski definition) is 4. The number of aliphatic hydroxyl groups excluding tert-OH is 3. The Morgan fingerprint density at radius 2 is 0.741 bits per heavy atom. The summed E-state index contributed by atoms with van der Waals surface area (Å²) in [5.41, 5.74) is 0. The molecule has 0 aliphatic heterocycles. The standard InChI is InChI=1S/C53H103NO4/c1-3-5-7-9-11-13-14-15-16-17-18-19-20-21-22-23-24-25-26-27-28-29-30-31-32-33-34-35-36-37-38-40-42-44-46-48-52(57)54-50(49-55)53(58)51(56)47-45-43-41-39-12-10-8-6-4-2/h20-21,23-24,50-51,53,55-56,58H,3-19,22,25-49H2,1-2H3,(H,54,57)/b21-20-,24-23-. The first-order valence-corrected chi connectivity index (χ1v) is 26.1. The van der Waals surface area contributed by atoms with E-state index in [0.717, 1.165) is 44.9 Å². The third-order valence-electron chi connectivity index (χ3n) is 12.3. The Labute approximate surface area is 362 Å². The van der Waals surface area contributed by atoms with E-state index in [0.29, 0.717) is 12.8 Å². The van der Waals surface area contributed by atoms with Crippen LogP contribution in [0, 0.1) is 0 Å². The highest BCUT2D eigenvalue weighted by Crippen LogP contribution is 2.17. The van der Waals surface area contributed by atoms with Gasteiger partial charge in [0.1, 0.15) is 6.10 Å². The lowest BCUT2D eigenvalue weighted by Crippen LogP contribution is -2.50. The fraction of sp³-hybridized carbons (Fsp3) is 0.906. The van der Waals surface area contributed by atoms with Gasteiger partial charge in [0.15, 0.2) is 0 Å². The predicted octanol–water partition coefficient (Wildman–Crippen LogP) is 15.7. The Hall–Kier alpha value is -1.17. The van der Waals surface area contributed by atoms with E-state index in [1.54, 1.807) is 0 Å². The zero-order valence-corrected chi connectivity index (χ0v) is 39.2. The number of unbranched alkanes of at least 4 members (excludes halogenated alkanes) is 36. The van der Waals surface area contributed by atoms with Gasteiger partial charge in [0.05, 0.1) is 18.8 Å². The third kappa shape index (κ3) is 42.9. The number of allylic oxidation sites excluding steroid dienone is 4. The highest BCUT2D eigenvalue weighted by atomic mass is 16.3. The molecule has 0 aromatic carbocycles. The summed E-state index contributed by atoms with van der Waals surface area (Å²) in [6.45, 7) is 4.17. The molecule has 1 amide bonds. The van der Waals surface area contributed by atoms with Crippen molar-refractivity contribution in [2.75, 3.05) is 6.61 Å². The van der Waals surface area contributed by atoms with Gasteiger partial charge < -0.3 is 20.6 Å². The summed E-state index contributed by atoms with van der Waals surface area (Å²) in [6, 6.07) is -0.805. The van der Waals surface area contributed by atoms with Gasteiger partial charge in [-0.15, -0.1) is 0 Å². The monoisotopic (exact) mass is 818 g/mol. The number of aliphatic hydroxyl groups is 3. The molecule has 5 nitrogen and oxygen atoms in total. The first-order valence-electron chi connectivity index (χ1n) is 26.1. The van der Waals surface area contributed by atoms with Gasteiger partial charge in [-0.1, -0.05) is 256 Å². The van der Waals surface area contributed by atoms with Crippen LogP contribution in [-0.2, 0) is 4.79 Å². The lowest BCUT2D eigenvalue weighted by atomic mass is 9.99. The molecule has 0 aliphatic carbocycles. The minimum atomic E-state index is -1.13. The van der Waals surface area contributed by atoms with Crippen molar-refractivity contribution in [1.82, 2.24) is 5.32 Å². The maximum absolute atomic E-state index is 12.4. The molecule has 0 rings (SSSR count). The van der Waals surface area contributed by atoms with Crippen molar-refractivity contribution in [3.8, 4) is 0 Å². The Bertz CT molecular complexity index is 859. The van der Waals surface area contributed by atoms with Crippen molar-refractivity contribution in [2.24, 2.45) is 0 Å². The van der Waals surface area contributed by atoms with Crippen LogP contribution in [0.1, 0.15) is 284 Å². The van der Waals surface area contributed by atoms with Crippen LogP contribution >= 0.6 is 0 Å². The fourth-order valence-electron chi connectivity index (χ4n) is 8.25. The van der Waals surface area contributed by atoms with E-state index in [9.17, 15) is 20.1 Å². The number of nitrogens with one attached hydrogen (secondary N) is 1. The molecule has 58 heavy (non-hydrogen) atoms. The molecule has 0 heterocycles. The average Bonchev–Trinajstić information content (AvgIpc) is 3.23. The van der Waals surface area contributed by atoms with E-state index in [2.05, 4.69) is 43.5 Å². The van der Waals surface area contributed by atoms with Gasteiger partial charge in [-0.3, -0.25) is 4.79 Å². The lowest BCUT2D eigenvalue weighted by Gasteiger charge is -2.26. The van der Waals surface area contributed by atoms with E-state index in [1.165, 1.54) is 212 Å². The molecule has 0 saturated carbocycles. The Kier molecular flexibility index (Phi) is 47.5. The molecule has 0 aliphatic rings. The van der Waals surface area contributed by atoms with Gasteiger partial charge in [0.25, 0.3) is 0 Å². The molecule has 3 atom stereocenters. The first-order chi connectivity index (χ1) is 28.6. The summed E-state index contributed by atoms with van der Waals surface area (Å²) in [5, 5.41) is 33.4. The average molecular weight is 818 g/mol. The van der Waals surface area contributed by atoms with Crippen LogP contribution in [0.3, 0.4) is 0 Å². The zero-order chi connectivity index (χ0) is 42.3. The number of hydrogen-bond donors (Lipinski definition) is 4. The summed E-state index contributed by atoms with van der Waals surface area (Å²) < 4.78 is 0. The van der Waals surface area contributed by atoms with Crippen LogP contribution in [0.25, 0.3) is 0 Å². The van der Waals surface area contributed by atoms with E-state index in [1.807, 2.05) is 0 Å². The summed E-state index contributed by atoms with van der Waals surface area (Å²) in [5.74, 6) is -0.143. The molecule has 0 spiro atoms. The summed E-state index contributed by atoms with van der Waals surface area (Å²) in [4.78, 5) is 12.4. The van der Waals surface area contributed by atoms with Gasteiger partial charge in [0, 0.05) is 6.42 Å². The molecule has 0 fully saturated rings. The predicted molar refractivity (Wildman–Crippen MR) is 255 cm³/mol. The highest BCUT2D eigenvalue weighted by molar-refractivity contribution is 5.76. The summed E-state index contributed by atoms with van der Waals surface area (Å²) in [6.07, 6.45) is 60.6. The van der Waals surface area contributed by atoms with Crippen molar-refractivity contribution in [3.63, 3.8) is 0 Å². The zero-order valence-electron chi connectivity index (χ0n) is 39.2. The summed E-state index contributed by atoms with van der Waals surface area (Å²) in [7, 11) is 0. The number of rotatable bonds is 48. The third-order valence-corrected chi connectivity index (χ3v) is 12.3. The van der Waals surface area contributed by atoms with Crippen LogP contribution in [0.5, 0.6) is 0 Å². The van der Waals surface area contributed by atoms with Crippen molar-refractivity contribution >= 4 is 5.91 Å². The van der Waals surface area contributed by atoms with Crippen LogP contribution in [0.15, 0.2) is 24.3 Å². The van der Waals surface area contributed by atoms with Gasteiger partial charge in [-0.2, -0.15) is 0 Å². The Balaban J connectivity index is 3.44. The van der Waals surface area contributed by atoms with Crippen LogP contribution in [0.4, 0.5) is 0 Å². The molecule has 0 bridgehead atoms. The molecule has 0 saturated heterocycles. The molecule has 0 radical (unpaired) electrons. The van der Waals surface area contributed by atoms with Crippen LogP contribution < -0.4 is 5.32 Å². The smallest absolute Gasteiger partial charge is 0.220 e. The molecule has 3 unspecified atom stereocenters. The Morgan fingerprint density at radius 1 is 0.431 bits per heavy atom. The van der Waals surface area contributed by atoms with E-state index < -0.39 is 18.2 Å². The number of carbonyl (C=O) groups excluding carboxylic acids is 1. The van der Waals surface area contributed by atoms with E-state index >= 15 is 0 Å². The van der Waals surface area contributed by atoms with Gasteiger partial charge in [0.2, 0.25) is 5.91 Å². The second-order valence-electron chi connectivity index (χ2n) is 18.1. The maximum Gasteiger partial charge on any atom is 0.220 e. The molecule has 4 N–H and O–H groups in total. The quantitative estimate of drug-likeness (QED) is 0.0364. The topological polar surface area (TPSA) is 89.8 Å². The molecule has 0 aromatic heterocycles. The molecule has 5 heteroatoms. The second kappa shape index (κ2) is 48.5. The van der Waals surface area contributed by atoms with Gasteiger partial charge in [-0.25, -0.2) is 0 Å². The molecular formula is C53H103NO4. The van der Waals surface area contributed by atoms with E-state index in [-0.39, 0.29) is 12.5 Å². The van der Waals surface area contributed by atoms with Crippen molar-refractivity contribution in [1.29, 1.82) is 0 Å². The Morgan fingerprint density at radius 3 is 1.09 bits per heavy atom. The number of amides is 1. The molecular weight excluding hydrogens is 715 g/mol.